The van der Waals surface area contributed by atoms with Gasteiger partial charge in [-0.25, -0.2) is 4.79 Å². The lowest BCUT2D eigenvalue weighted by molar-refractivity contribution is -0.169. The number of aliphatic carboxylic acids is 1. The van der Waals surface area contributed by atoms with E-state index >= 15 is 0 Å². The first-order chi connectivity index (χ1) is 5.46. The van der Waals surface area contributed by atoms with E-state index in [2.05, 4.69) is 4.74 Å². The number of esters is 1. The van der Waals surface area contributed by atoms with E-state index in [4.69, 9.17) is 9.84 Å². The lowest BCUT2D eigenvalue weighted by Crippen LogP contribution is -2.40. The van der Waals surface area contributed by atoms with Gasteiger partial charge in [-0.05, 0) is 6.92 Å². The minimum atomic E-state index is -1.39. The summed E-state index contributed by atoms with van der Waals surface area (Å²) < 4.78 is 9.13. The molecule has 1 atom stereocenters. The van der Waals surface area contributed by atoms with E-state index in [-0.39, 0.29) is 0 Å². The molecule has 0 fully saturated rings. The molecule has 1 N–H and O–H groups in total. The molecule has 0 spiro atoms. The fraction of sp³-hybridized carbons (Fsp3) is 0.714. The fourth-order valence-electron chi connectivity index (χ4n) is 0.732. The molecule has 0 saturated heterocycles. The van der Waals surface area contributed by atoms with E-state index in [1.54, 1.807) is 0 Å². The van der Waals surface area contributed by atoms with Crippen LogP contribution in [-0.2, 0) is 19.1 Å². The Balaban J connectivity index is 4.44. The van der Waals surface area contributed by atoms with Gasteiger partial charge in [0.05, 0.1) is 13.5 Å². The van der Waals surface area contributed by atoms with Crippen LogP contribution in [0.2, 0.25) is 0 Å². The molecular formula is C7H12O5. The second-order valence-corrected chi connectivity index (χ2v) is 2.50. The predicted molar refractivity (Wildman–Crippen MR) is 39.7 cm³/mol. The first-order valence-electron chi connectivity index (χ1n) is 3.31. The molecule has 70 valence electrons. The molecule has 5 nitrogen and oxygen atoms in total. The van der Waals surface area contributed by atoms with E-state index in [1.165, 1.54) is 21.1 Å². The normalized spacial score (nSPS) is 14.9. The van der Waals surface area contributed by atoms with E-state index in [0.717, 1.165) is 0 Å². The monoisotopic (exact) mass is 176 g/mol. The number of carbonyl (C=O) groups is 2. The maximum atomic E-state index is 11.0. The van der Waals surface area contributed by atoms with Crippen molar-refractivity contribution in [2.75, 3.05) is 14.2 Å². The molecule has 0 bridgehead atoms. The molecule has 0 aliphatic heterocycles. The Kier molecular flexibility index (Phi) is 3.69. The van der Waals surface area contributed by atoms with Crippen molar-refractivity contribution in [3.63, 3.8) is 0 Å². The summed E-state index contributed by atoms with van der Waals surface area (Å²) in [6.45, 7) is 1.37. The first kappa shape index (κ1) is 10.9. The highest BCUT2D eigenvalue weighted by molar-refractivity contribution is 5.84. The van der Waals surface area contributed by atoms with Crippen LogP contribution in [0.3, 0.4) is 0 Å². The van der Waals surface area contributed by atoms with Gasteiger partial charge >= 0.3 is 11.9 Å². The molecule has 1 unspecified atom stereocenters. The molecule has 0 aromatic rings. The number of hydrogen-bond acceptors (Lipinski definition) is 4. The summed E-state index contributed by atoms with van der Waals surface area (Å²) in [5.74, 6) is -1.79. The van der Waals surface area contributed by atoms with E-state index in [0.29, 0.717) is 0 Å². The van der Waals surface area contributed by atoms with Crippen LogP contribution < -0.4 is 0 Å². The van der Waals surface area contributed by atoms with Crippen LogP contribution >= 0.6 is 0 Å². The number of rotatable bonds is 4. The van der Waals surface area contributed by atoms with Crippen molar-refractivity contribution >= 4 is 11.9 Å². The molecule has 0 aromatic carbocycles. The van der Waals surface area contributed by atoms with Crippen molar-refractivity contribution < 1.29 is 24.2 Å². The highest BCUT2D eigenvalue weighted by atomic mass is 16.6. The SMILES string of the molecule is COC(=O)C(C)(CC(=O)O)OC. The lowest BCUT2D eigenvalue weighted by Gasteiger charge is -2.22. The lowest BCUT2D eigenvalue weighted by atomic mass is 10.0. The van der Waals surface area contributed by atoms with Crippen LogP contribution in [0.25, 0.3) is 0 Å². The molecule has 0 aliphatic carbocycles. The summed E-state index contributed by atoms with van der Waals surface area (Å²) in [6.07, 6.45) is -0.407. The zero-order valence-electron chi connectivity index (χ0n) is 7.29. The molecule has 0 amide bonds. The van der Waals surface area contributed by atoms with E-state index < -0.39 is 24.0 Å². The van der Waals surface area contributed by atoms with Crippen molar-refractivity contribution in [3.05, 3.63) is 0 Å². The Morgan fingerprint density at radius 3 is 2.17 bits per heavy atom. The first-order valence-corrected chi connectivity index (χ1v) is 3.31. The zero-order chi connectivity index (χ0) is 9.78. The van der Waals surface area contributed by atoms with Gasteiger partial charge in [0.1, 0.15) is 0 Å². The molecule has 0 aliphatic rings. The van der Waals surface area contributed by atoms with Gasteiger partial charge in [-0.15, -0.1) is 0 Å². The molecule has 12 heavy (non-hydrogen) atoms. The average Bonchev–Trinajstić information content (AvgIpc) is 2.01. The van der Waals surface area contributed by atoms with Crippen molar-refractivity contribution in [1.82, 2.24) is 0 Å². The van der Waals surface area contributed by atoms with Crippen molar-refractivity contribution in [3.8, 4) is 0 Å². The molecule has 0 rings (SSSR count). The van der Waals surface area contributed by atoms with E-state index in [9.17, 15) is 9.59 Å². The molecule has 0 aromatic heterocycles. The van der Waals surface area contributed by atoms with Crippen LogP contribution in [0.5, 0.6) is 0 Å². The quantitative estimate of drug-likeness (QED) is 0.612. The third-order valence-corrected chi connectivity index (χ3v) is 1.56. The van der Waals surface area contributed by atoms with Crippen molar-refractivity contribution in [1.29, 1.82) is 0 Å². The Morgan fingerprint density at radius 2 is 1.92 bits per heavy atom. The minimum absolute atomic E-state index is 0.407. The highest BCUT2D eigenvalue weighted by Crippen LogP contribution is 2.15. The standard InChI is InChI=1S/C7H12O5/c1-7(12-3,4-5(8)9)6(10)11-2/h4H2,1-3H3,(H,8,9). The molecule has 0 radical (unpaired) electrons. The molecular weight excluding hydrogens is 164 g/mol. The summed E-state index contributed by atoms with van der Waals surface area (Å²) in [5, 5.41) is 8.44. The largest absolute Gasteiger partial charge is 0.481 e. The number of ether oxygens (including phenoxy) is 2. The Bertz CT molecular complexity index is 188. The van der Waals surface area contributed by atoms with Gasteiger partial charge in [-0.2, -0.15) is 0 Å². The number of carbonyl (C=O) groups excluding carboxylic acids is 1. The summed E-state index contributed by atoms with van der Waals surface area (Å²) >= 11 is 0. The van der Waals surface area contributed by atoms with Gasteiger partial charge in [-0.1, -0.05) is 0 Å². The summed E-state index contributed by atoms with van der Waals surface area (Å²) in [7, 11) is 2.45. The Hall–Kier alpha value is -1.10. The molecule has 0 saturated carbocycles. The third-order valence-electron chi connectivity index (χ3n) is 1.56. The second-order valence-electron chi connectivity index (χ2n) is 2.50. The minimum Gasteiger partial charge on any atom is -0.481 e. The Morgan fingerprint density at radius 1 is 1.42 bits per heavy atom. The summed E-state index contributed by atoms with van der Waals surface area (Å²) in [5.41, 5.74) is -1.39. The van der Waals surface area contributed by atoms with Gasteiger partial charge in [0.2, 0.25) is 0 Å². The number of methoxy groups -OCH3 is 2. The zero-order valence-corrected chi connectivity index (χ0v) is 7.29. The third kappa shape index (κ3) is 2.50. The van der Waals surface area contributed by atoms with Crippen LogP contribution in [-0.4, -0.2) is 36.9 Å². The maximum absolute atomic E-state index is 11.0. The number of carboxylic acids is 1. The van der Waals surface area contributed by atoms with Crippen LogP contribution in [0, 0.1) is 0 Å². The van der Waals surface area contributed by atoms with Gasteiger partial charge in [-0.3, -0.25) is 4.79 Å². The number of hydrogen-bond donors (Lipinski definition) is 1. The van der Waals surface area contributed by atoms with Gasteiger partial charge in [0, 0.05) is 7.11 Å². The van der Waals surface area contributed by atoms with Crippen LogP contribution in [0.4, 0.5) is 0 Å². The maximum Gasteiger partial charge on any atom is 0.338 e. The smallest absolute Gasteiger partial charge is 0.338 e. The summed E-state index contributed by atoms with van der Waals surface area (Å²) in [6, 6.07) is 0. The predicted octanol–water partition coefficient (Wildman–Crippen LogP) is 0.0392. The second kappa shape index (κ2) is 4.06. The van der Waals surface area contributed by atoms with Gasteiger partial charge in [0.15, 0.2) is 5.60 Å². The van der Waals surface area contributed by atoms with Crippen LogP contribution in [0.1, 0.15) is 13.3 Å². The molecule has 0 heterocycles. The van der Waals surface area contributed by atoms with Crippen molar-refractivity contribution in [2.45, 2.75) is 18.9 Å². The molecule has 5 heteroatoms. The average molecular weight is 176 g/mol. The highest BCUT2D eigenvalue weighted by Gasteiger charge is 2.36. The van der Waals surface area contributed by atoms with Crippen molar-refractivity contribution in [2.24, 2.45) is 0 Å². The van der Waals surface area contributed by atoms with Gasteiger partial charge < -0.3 is 14.6 Å². The van der Waals surface area contributed by atoms with Crippen LogP contribution in [0.15, 0.2) is 0 Å². The van der Waals surface area contributed by atoms with Gasteiger partial charge in [0.25, 0.3) is 0 Å². The Labute approximate surface area is 70.3 Å². The topological polar surface area (TPSA) is 72.8 Å². The summed E-state index contributed by atoms with van der Waals surface area (Å²) in [4.78, 5) is 21.3. The van der Waals surface area contributed by atoms with E-state index in [1.807, 2.05) is 0 Å². The number of carboxylic acid groups (broad SMARTS) is 1. The fourth-order valence-corrected chi connectivity index (χ4v) is 0.732.